The van der Waals surface area contributed by atoms with Gasteiger partial charge in [-0.15, -0.1) is 0 Å². The summed E-state index contributed by atoms with van der Waals surface area (Å²) in [6.07, 6.45) is 5.70. The van der Waals surface area contributed by atoms with E-state index < -0.39 is 0 Å². The lowest BCUT2D eigenvalue weighted by Gasteiger charge is -2.37. The lowest BCUT2D eigenvalue weighted by Crippen LogP contribution is -2.51. The van der Waals surface area contributed by atoms with E-state index in [1.807, 2.05) is 53.0 Å². The summed E-state index contributed by atoms with van der Waals surface area (Å²) in [5, 5.41) is 0. The van der Waals surface area contributed by atoms with E-state index in [1.54, 1.807) is 6.20 Å². The molecular weight excluding hydrogens is 330 g/mol. The number of morpholine rings is 1. The number of fused-ring (bicyclic) bond motifs is 1. The van der Waals surface area contributed by atoms with Gasteiger partial charge in [-0.25, -0.2) is 0 Å². The van der Waals surface area contributed by atoms with E-state index in [-0.39, 0.29) is 18.1 Å². The molecule has 1 saturated carbocycles. The van der Waals surface area contributed by atoms with Gasteiger partial charge in [-0.1, -0.05) is 6.07 Å². The van der Waals surface area contributed by atoms with E-state index in [0.29, 0.717) is 32.3 Å². The molecule has 0 spiro atoms. The topological polar surface area (TPSA) is 56.6 Å². The van der Waals surface area contributed by atoms with Gasteiger partial charge in [0.25, 0.3) is 5.91 Å². The minimum atomic E-state index is 0.103. The van der Waals surface area contributed by atoms with Crippen LogP contribution in [0.2, 0.25) is 0 Å². The highest BCUT2D eigenvalue weighted by molar-refractivity contribution is 5.93. The molecule has 3 heterocycles. The van der Waals surface area contributed by atoms with E-state index in [2.05, 4.69) is 4.98 Å². The van der Waals surface area contributed by atoms with Crippen LogP contribution in [0.25, 0.3) is 0 Å². The molecule has 6 nitrogen and oxygen atoms in total. The number of carbonyl (C=O) groups excluding carboxylic acids is 1. The van der Waals surface area contributed by atoms with E-state index in [9.17, 15) is 4.79 Å². The standard InChI is InChI=1S/C20H25N3O3/c1-22-8-4-6-17(22)20(24)23-9-10-26-19-12-15(11-18(19)23)13-25-14-16-5-2-3-7-21-16/h2-8,15,18-19H,9-14H2,1H3. The quantitative estimate of drug-likeness (QED) is 0.826. The Labute approximate surface area is 153 Å². The van der Waals surface area contributed by atoms with Crippen molar-refractivity contribution in [3.8, 4) is 0 Å². The molecule has 1 amide bonds. The molecule has 1 aliphatic heterocycles. The van der Waals surface area contributed by atoms with Gasteiger partial charge in [-0.3, -0.25) is 9.78 Å². The molecule has 0 radical (unpaired) electrons. The van der Waals surface area contributed by atoms with E-state index >= 15 is 0 Å². The van der Waals surface area contributed by atoms with Crippen molar-refractivity contribution in [3.05, 3.63) is 54.1 Å². The second-order valence-corrected chi connectivity index (χ2v) is 7.15. The largest absolute Gasteiger partial charge is 0.375 e. The third kappa shape index (κ3) is 3.52. The Morgan fingerprint density at radius 3 is 3.00 bits per heavy atom. The zero-order chi connectivity index (χ0) is 17.9. The number of hydrogen-bond donors (Lipinski definition) is 0. The average Bonchev–Trinajstić information content (AvgIpc) is 3.27. The molecule has 2 aliphatic rings. The second kappa shape index (κ2) is 7.60. The zero-order valence-electron chi connectivity index (χ0n) is 15.1. The van der Waals surface area contributed by atoms with Gasteiger partial charge in [-0.2, -0.15) is 0 Å². The summed E-state index contributed by atoms with van der Waals surface area (Å²) in [5.41, 5.74) is 1.68. The van der Waals surface area contributed by atoms with Crippen molar-refractivity contribution >= 4 is 5.91 Å². The van der Waals surface area contributed by atoms with Crippen LogP contribution in [-0.2, 0) is 23.1 Å². The van der Waals surface area contributed by atoms with Crippen LogP contribution in [0.15, 0.2) is 42.7 Å². The Bertz CT molecular complexity index is 746. The fourth-order valence-electron chi connectivity index (χ4n) is 4.08. The van der Waals surface area contributed by atoms with E-state index in [1.165, 1.54) is 0 Å². The Morgan fingerprint density at radius 2 is 2.23 bits per heavy atom. The summed E-state index contributed by atoms with van der Waals surface area (Å²) < 4.78 is 13.7. The predicted molar refractivity (Wildman–Crippen MR) is 96.6 cm³/mol. The molecule has 0 N–H and O–H groups in total. The number of nitrogens with zero attached hydrogens (tertiary/aromatic N) is 3. The molecule has 1 saturated heterocycles. The first kappa shape index (κ1) is 17.2. The number of aromatic nitrogens is 2. The van der Waals surface area contributed by atoms with Crippen LogP contribution in [0.3, 0.4) is 0 Å². The van der Waals surface area contributed by atoms with Crippen molar-refractivity contribution in [2.75, 3.05) is 19.8 Å². The summed E-state index contributed by atoms with van der Waals surface area (Å²) in [4.78, 5) is 19.2. The molecule has 0 bridgehead atoms. The Morgan fingerprint density at radius 1 is 1.31 bits per heavy atom. The van der Waals surface area contributed by atoms with Gasteiger partial charge in [0.2, 0.25) is 0 Å². The SMILES string of the molecule is Cn1cccc1C(=O)N1CCOC2CC(COCc3ccccn3)CC21. The number of ether oxygens (including phenoxy) is 2. The van der Waals surface area contributed by atoms with Crippen molar-refractivity contribution in [2.45, 2.75) is 31.6 Å². The Balaban J connectivity index is 1.35. The summed E-state index contributed by atoms with van der Waals surface area (Å²) in [6, 6.07) is 9.79. The minimum Gasteiger partial charge on any atom is -0.375 e. The minimum absolute atomic E-state index is 0.103. The van der Waals surface area contributed by atoms with Crippen molar-refractivity contribution in [1.29, 1.82) is 0 Å². The molecule has 2 fully saturated rings. The van der Waals surface area contributed by atoms with Gasteiger partial charge < -0.3 is 18.9 Å². The third-order valence-electron chi connectivity index (χ3n) is 5.39. The van der Waals surface area contributed by atoms with Crippen LogP contribution in [0.1, 0.15) is 29.0 Å². The molecule has 3 unspecified atom stereocenters. The van der Waals surface area contributed by atoms with Crippen LogP contribution >= 0.6 is 0 Å². The van der Waals surface area contributed by atoms with E-state index in [0.717, 1.165) is 24.2 Å². The number of amides is 1. The fourth-order valence-corrected chi connectivity index (χ4v) is 4.08. The molecule has 1 aliphatic carbocycles. The summed E-state index contributed by atoms with van der Waals surface area (Å²) in [6.45, 7) is 2.48. The first-order valence-corrected chi connectivity index (χ1v) is 9.24. The van der Waals surface area contributed by atoms with Gasteiger partial charge in [0, 0.05) is 26.0 Å². The lowest BCUT2D eigenvalue weighted by atomic mass is 10.1. The highest BCUT2D eigenvalue weighted by Crippen LogP contribution is 2.35. The maximum Gasteiger partial charge on any atom is 0.270 e. The number of pyridine rings is 1. The average molecular weight is 355 g/mol. The van der Waals surface area contributed by atoms with Crippen LogP contribution in [0, 0.1) is 5.92 Å². The first-order valence-electron chi connectivity index (χ1n) is 9.24. The molecule has 4 rings (SSSR count). The van der Waals surface area contributed by atoms with Crippen molar-refractivity contribution in [1.82, 2.24) is 14.5 Å². The van der Waals surface area contributed by atoms with Gasteiger partial charge in [0.15, 0.2) is 0 Å². The van der Waals surface area contributed by atoms with Crippen LogP contribution in [0.4, 0.5) is 0 Å². The normalized spacial score (nSPS) is 25.3. The third-order valence-corrected chi connectivity index (χ3v) is 5.39. The molecule has 0 aromatic carbocycles. The second-order valence-electron chi connectivity index (χ2n) is 7.15. The molecule has 3 atom stereocenters. The van der Waals surface area contributed by atoms with Gasteiger partial charge in [-0.05, 0) is 43.0 Å². The highest BCUT2D eigenvalue weighted by atomic mass is 16.5. The molecular formula is C20H25N3O3. The van der Waals surface area contributed by atoms with Gasteiger partial charge >= 0.3 is 0 Å². The predicted octanol–water partition coefficient (Wildman–Crippen LogP) is 2.26. The smallest absolute Gasteiger partial charge is 0.270 e. The summed E-state index contributed by atoms with van der Waals surface area (Å²) >= 11 is 0. The van der Waals surface area contributed by atoms with Gasteiger partial charge in [0.1, 0.15) is 5.69 Å². The monoisotopic (exact) mass is 355 g/mol. The number of hydrogen-bond acceptors (Lipinski definition) is 4. The molecule has 2 aromatic heterocycles. The van der Waals surface area contributed by atoms with Crippen molar-refractivity contribution < 1.29 is 14.3 Å². The maximum atomic E-state index is 12.9. The van der Waals surface area contributed by atoms with Crippen LogP contribution in [-0.4, -0.2) is 52.3 Å². The molecule has 2 aromatic rings. The van der Waals surface area contributed by atoms with Crippen LogP contribution < -0.4 is 0 Å². The van der Waals surface area contributed by atoms with Crippen molar-refractivity contribution in [3.63, 3.8) is 0 Å². The van der Waals surface area contributed by atoms with Gasteiger partial charge in [0.05, 0.1) is 37.7 Å². The number of aryl methyl sites for hydroxylation is 1. The molecule has 26 heavy (non-hydrogen) atoms. The van der Waals surface area contributed by atoms with E-state index in [4.69, 9.17) is 9.47 Å². The number of carbonyl (C=O) groups is 1. The highest BCUT2D eigenvalue weighted by Gasteiger charge is 2.43. The summed E-state index contributed by atoms with van der Waals surface area (Å²) in [5.74, 6) is 0.515. The maximum absolute atomic E-state index is 12.9. The molecule has 138 valence electrons. The number of rotatable bonds is 5. The van der Waals surface area contributed by atoms with Crippen LogP contribution in [0.5, 0.6) is 0 Å². The first-order chi connectivity index (χ1) is 12.7. The summed E-state index contributed by atoms with van der Waals surface area (Å²) in [7, 11) is 1.91. The fraction of sp³-hybridized carbons (Fsp3) is 0.500. The Kier molecular flexibility index (Phi) is 5.04. The Hall–Kier alpha value is -2.18. The molecule has 6 heteroatoms. The van der Waals surface area contributed by atoms with Crippen molar-refractivity contribution in [2.24, 2.45) is 13.0 Å². The zero-order valence-corrected chi connectivity index (χ0v) is 15.1. The lowest BCUT2D eigenvalue weighted by molar-refractivity contribution is -0.0453.